The van der Waals surface area contributed by atoms with Crippen LogP contribution < -0.4 is 5.73 Å². The molecule has 78 valence electrons. The molecule has 0 aliphatic carbocycles. The Labute approximate surface area is 89.5 Å². The highest BCUT2D eigenvalue weighted by Crippen LogP contribution is 2.21. The molecule has 3 nitrogen and oxygen atoms in total. The van der Waals surface area contributed by atoms with Gasteiger partial charge in [-0.25, -0.2) is 9.97 Å². The summed E-state index contributed by atoms with van der Waals surface area (Å²) >= 11 is 1.71. The quantitative estimate of drug-likeness (QED) is 0.612. The molecule has 1 aromatic heterocycles. The monoisotopic (exact) mass is 211 g/mol. The van der Waals surface area contributed by atoms with Gasteiger partial charge in [0.25, 0.3) is 0 Å². The van der Waals surface area contributed by atoms with Crippen molar-refractivity contribution in [3.8, 4) is 0 Å². The fourth-order valence-corrected chi connectivity index (χ4v) is 1.92. The van der Waals surface area contributed by atoms with Gasteiger partial charge in [0.15, 0.2) is 5.16 Å². The first-order valence-electron chi connectivity index (χ1n) is 4.87. The van der Waals surface area contributed by atoms with Crippen LogP contribution in [0.3, 0.4) is 0 Å². The van der Waals surface area contributed by atoms with Crippen molar-refractivity contribution in [1.82, 2.24) is 9.97 Å². The molecule has 1 atom stereocenters. The summed E-state index contributed by atoms with van der Waals surface area (Å²) in [5, 5.41) is 1.40. The van der Waals surface area contributed by atoms with Gasteiger partial charge in [-0.3, -0.25) is 0 Å². The fourth-order valence-electron chi connectivity index (χ4n) is 1.02. The predicted octanol–water partition coefficient (Wildman–Crippen LogP) is 2.13. The number of hydrogen-bond donors (Lipinski definition) is 1. The van der Waals surface area contributed by atoms with E-state index in [9.17, 15) is 0 Å². The summed E-state index contributed by atoms with van der Waals surface area (Å²) in [5.74, 6) is 0. The zero-order chi connectivity index (χ0) is 10.6. The second kappa shape index (κ2) is 5.32. The maximum Gasteiger partial charge on any atom is 0.188 e. The molecule has 0 radical (unpaired) electrons. The molecule has 0 spiro atoms. The van der Waals surface area contributed by atoms with E-state index < -0.39 is 0 Å². The normalized spacial score (nSPS) is 12.9. The van der Waals surface area contributed by atoms with E-state index in [1.54, 1.807) is 11.8 Å². The summed E-state index contributed by atoms with van der Waals surface area (Å²) in [6.45, 7) is 6.80. The van der Waals surface area contributed by atoms with Crippen LogP contribution in [-0.4, -0.2) is 15.2 Å². The number of rotatable bonds is 4. The number of aryl methyl sites for hydroxylation is 1. The Bertz CT molecular complexity index is 301. The van der Waals surface area contributed by atoms with Crippen LogP contribution in [0.2, 0.25) is 0 Å². The average Bonchev–Trinajstić information content (AvgIpc) is 2.16. The highest BCUT2D eigenvalue weighted by atomic mass is 32.2. The summed E-state index contributed by atoms with van der Waals surface area (Å²) in [5.41, 5.74) is 7.46. The Morgan fingerprint density at radius 1 is 1.50 bits per heavy atom. The van der Waals surface area contributed by atoms with Crippen molar-refractivity contribution in [2.24, 2.45) is 5.73 Å². The second-order valence-electron chi connectivity index (χ2n) is 3.32. The molecule has 0 aliphatic rings. The van der Waals surface area contributed by atoms with Crippen molar-refractivity contribution in [3.05, 3.63) is 17.5 Å². The molecular weight excluding hydrogens is 194 g/mol. The van der Waals surface area contributed by atoms with Crippen molar-refractivity contribution in [2.45, 2.75) is 44.1 Å². The standard InChI is InChI=1S/C10H17N3S/c1-4-8(3)14-10-12-7(2)5-9(6-11)13-10/h5,8H,4,6,11H2,1-3H3. The maximum atomic E-state index is 5.55. The van der Waals surface area contributed by atoms with Gasteiger partial charge in [-0.2, -0.15) is 0 Å². The van der Waals surface area contributed by atoms with Crippen LogP contribution in [0.15, 0.2) is 11.2 Å². The minimum Gasteiger partial charge on any atom is -0.325 e. The summed E-state index contributed by atoms with van der Waals surface area (Å²) in [7, 11) is 0. The van der Waals surface area contributed by atoms with Gasteiger partial charge in [0.2, 0.25) is 0 Å². The van der Waals surface area contributed by atoms with E-state index in [2.05, 4.69) is 23.8 Å². The number of hydrogen-bond acceptors (Lipinski definition) is 4. The third-order valence-corrected chi connectivity index (χ3v) is 3.11. The van der Waals surface area contributed by atoms with Crippen molar-refractivity contribution in [2.75, 3.05) is 0 Å². The molecule has 0 amide bonds. The van der Waals surface area contributed by atoms with Gasteiger partial charge in [-0.15, -0.1) is 0 Å². The van der Waals surface area contributed by atoms with Crippen molar-refractivity contribution < 1.29 is 0 Å². The maximum absolute atomic E-state index is 5.55. The molecule has 1 unspecified atom stereocenters. The molecule has 14 heavy (non-hydrogen) atoms. The number of thioether (sulfide) groups is 1. The van der Waals surface area contributed by atoms with Crippen molar-refractivity contribution in [3.63, 3.8) is 0 Å². The van der Waals surface area contributed by atoms with E-state index in [0.717, 1.165) is 23.0 Å². The number of nitrogens with two attached hydrogens (primary N) is 1. The highest BCUT2D eigenvalue weighted by molar-refractivity contribution is 7.99. The Morgan fingerprint density at radius 3 is 2.79 bits per heavy atom. The van der Waals surface area contributed by atoms with Crippen LogP contribution in [0.5, 0.6) is 0 Å². The van der Waals surface area contributed by atoms with E-state index in [1.807, 2.05) is 13.0 Å². The topological polar surface area (TPSA) is 51.8 Å². The van der Waals surface area contributed by atoms with Crippen LogP contribution in [0.1, 0.15) is 31.7 Å². The molecule has 0 bridgehead atoms. The Hall–Kier alpha value is -0.610. The largest absolute Gasteiger partial charge is 0.325 e. The molecule has 0 aromatic carbocycles. The lowest BCUT2D eigenvalue weighted by Gasteiger charge is -2.08. The Kier molecular flexibility index (Phi) is 4.35. The van der Waals surface area contributed by atoms with Crippen molar-refractivity contribution in [1.29, 1.82) is 0 Å². The molecule has 0 aliphatic heterocycles. The zero-order valence-electron chi connectivity index (χ0n) is 8.95. The molecule has 2 N–H and O–H groups in total. The van der Waals surface area contributed by atoms with Gasteiger partial charge in [0, 0.05) is 17.5 Å². The van der Waals surface area contributed by atoms with Gasteiger partial charge in [0.05, 0.1) is 5.69 Å². The summed E-state index contributed by atoms with van der Waals surface area (Å²) in [6, 6.07) is 1.93. The first-order chi connectivity index (χ1) is 6.65. The van der Waals surface area contributed by atoms with Gasteiger partial charge < -0.3 is 5.73 Å². The highest BCUT2D eigenvalue weighted by Gasteiger charge is 2.06. The van der Waals surface area contributed by atoms with Crippen LogP contribution in [0.25, 0.3) is 0 Å². The lowest BCUT2D eigenvalue weighted by atomic mass is 10.3. The molecule has 4 heteroatoms. The lowest BCUT2D eigenvalue weighted by molar-refractivity contribution is 0.838. The molecule has 1 rings (SSSR count). The van der Waals surface area contributed by atoms with Crippen LogP contribution in [-0.2, 0) is 6.54 Å². The molecule has 0 saturated carbocycles. The third-order valence-electron chi connectivity index (χ3n) is 1.98. The molecule has 1 heterocycles. The zero-order valence-corrected chi connectivity index (χ0v) is 9.77. The minimum absolute atomic E-state index is 0.484. The average molecular weight is 211 g/mol. The molecular formula is C10H17N3S. The molecule has 0 fully saturated rings. The SMILES string of the molecule is CCC(C)Sc1nc(C)cc(CN)n1. The summed E-state index contributed by atoms with van der Waals surface area (Å²) < 4.78 is 0. The van der Waals surface area contributed by atoms with E-state index in [-0.39, 0.29) is 0 Å². The number of aromatic nitrogens is 2. The second-order valence-corrected chi connectivity index (χ2v) is 4.73. The molecule has 1 aromatic rings. The van der Waals surface area contributed by atoms with Crippen LogP contribution >= 0.6 is 11.8 Å². The Balaban J connectivity index is 2.81. The van der Waals surface area contributed by atoms with Crippen LogP contribution in [0.4, 0.5) is 0 Å². The fraction of sp³-hybridized carbons (Fsp3) is 0.600. The van der Waals surface area contributed by atoms with Crippen molar-refractivity contribution >= 4 is 11.8 Å². The lowest BCUT2D eigenvalue weighted by Crippen LogP contribution is -2.04. The summed E-state index contributed by atoms with van der Waals surface area (Å²) in [4.78, 5) is 8.73. The van der Waals surface area contributed by atoms with Gasteiger partial charge >= 0.3 is 0 Å². The van der Waals surface area contributed by atoms with E-state index in [0.29, 0.717) is 11.8 Å². The summed E-state index contributed by atoms with van der Waals surface area (Å²) in [6.07, 6.45) is 1.12. The van der Waals surface area contributed by atoms with Crippen LogP contribution in [0, 0.1) is 6.92 Å². The first kappa shape index (κ1) is 11.5. The Morgan fingerprint density at radius 2 is 2.21 bits per heavy atom. The van der Waals surface area contributed by atoms with Gasteiger partial charge in [-0.05, 0) is 19.4 Å². The van der Waals surface area contributed by atoms with E-state index in [1.165, 1.54) is 0 Å². The van der Waals surface area contributed by atoms with E-state index in [4.69, 9.17) is 5.73 Å². The smallest absolute Gasteiger partial charge is 0.188 e. The van der Waals surface area contributed by atoms with E-state index >= 15 is 0 Å². The van der Waals surface area contributed by atoms with Gasteiger partial charge in [0.1, 0.15) is 0 Å². The predicted molar refractivity (Wildman–Crippen MR) is 60.3 cm³/mol. The first-order valence-corrected chi connectivity index (χ1v) is 5.75. The third kappa shape index (κ3) is 3.27. The molecule has 0 saturated heterocycles. The van der Waals surface area contributed by atoms with Gasteiger partial charge in [-0.1, -0.05) is 25.6 Å². The number of nitrogens with zero attached hydrogens (tertiary/aromatic N) is 2. The minimum atomic E-state index is 0.484.